The number of hydrogen-bond acceptors (Lipinski definition) is 8. The minimum absolute atomic E-state index is 0.0412. The molecule has 6 rings (SSSR count). The highest BCUT2D eigenvalue weighted by Gasteiger charge is 2.33. The van der Waals surface area contributed by atoms with Gasteiger partial charge in [0.05, 0.1) is 6.26 Å². The van der Waals surface area contributed by atoms with Gasteiger partial charge in [-0.05, 0) is 92.2 Å². The Labute approximate surface area is 343 Å². The zero-order valence-corrected chi connectivity index (χ0v) is 33.1. The summed E-state index contributed by atoms with van der Waals surface area (Å²) in [7, 11) is 0. The molecule has 310 valence electrons. The molecule has 5 amide bonds. The Kier molecular flexibility index (Phi) is 15.0. The number of nitrogens with two attached hydrogens (primary N) is 2. The summed E-state index contributed by atoms with van der Waals surface area (Å²) in [4.78, 5) is 72.1. The van der Waals surface area contributed by atoms with Crippen LogP contribution in [0.3, 0.4) is 0 Å². The Bertz CT molecular complexity index is 2150. The van der Waals surface area contributed by atoms with E-state index in [2.05, 4.69) is 31.6 Å². The Morgan fingerprint density at radius 2 is 1.31 bits per heavy atom. The van der Waals surface area contributed by atoms with Crippen molar-refractivity contribution in [1.29, 1.82) is 0 Å². The van der Waals surface area contributed by atoms with Gasteiger partial charge in [0.25, 0.3) is 0 Å². The van der Waals surface area contributed by atoms with Gasteiger partial charge in [-0.1, -0.05) is 72.8 Å². The number of para-hydroxylation sites is 1. The predicted octanol–water partition coefficient (Wildman–Crippen LogP) is 3.01. The molecule has 14 nitrogen and oxygen atoms in total. The number of benzene rings is 3. The zero-order chi connectivity index (χ0) is 41.6. The molecule has 1 fully saturated rings. The van der Waals surface area contributed by atoms with Crippen molar-refractivity contribution in [3.05, 3.63) is 120 Å². The average molecular weight is 803 g/mol. The van der Waals surface area contributed by atoms with Gasteiger partial charge in [-0.3, -0.25) is 24.0 Å². The van der Waals surface area contributed by atoms with Crippen LogP contribution < -0.4 is 38.1 Å². The van der Waals surface area contributed by atoms with E-state index >= 15 is 0 Å². The first-order valence-corrected chi connectivity index (χ1v) is 20.3. The van der Waals surface area contributed by atoms with Gasteiger partial charge in [-0.2, -0.15) is 0 Å². The van der Waals surface area contributed by atoms with Crippen molar-refractivity contribution in [2.24, 2.45) is 17.4 Å². The maximum atomic E-state index is 14.5. The molecule has 14 heteroatoms. The number of carbonyl (C=O) groups is 5. The normalized spacial score (nSPS) is 15.1. The number of fused-ring (bicyclic) bond motifs is 1. The molecule has 0 bridgehead atoms. The molecule has 0 spiro atoms. The van der Waals surface area contributed by atoms with Crippen molar-refractivity contribution in [2.45, 2.75) is 75.5 Å². The number of carbonyl (C=O) groups excluding carboxylic acids is 5. The molecule has 0 radical (unpaired) electrons. The monoisotopic (exact) mass is 802 g/mol. The molecule has 0 saturated carbocycles. The number of primary amides is 1. The van der Waals surface area contributed by atoms with Crippen molar-refractivity contribution in [1.82, 2.24) is 31.6 Å². The summed E-state index contributed by atoms with van der Waals surface area (Å²) in [5, 5.41) is 15.6. The standard InChI is InChI=1S/C45H54N8O6/c46-21-7-6-14-37(41(47)54)50-45(58)40(27-34-11-8-24-59-34)53-44(57)39(26-33-28-49-36-13-5-4-12-35(33)36)52-43(56)38(51-42(55)32-19-22-48-23-20-32)25-29-15-17-31(18-16-29)30-9-2-1-3-10-30/h1-5,8-13,15-18,24,28,32,37-40,48-49H,6-7,14,19-23,25-27,46H2,(H2,47,54)(H,50,58)(H,51,55)(H,52,56)(H,53,57)/t37-,38+,39+,40-/m0/s1. The van der Waals surface area contributed by atoms with Crippen LogP contribution in [0, 0.1) is 5.92 Å². The average Bonchev–Trinajstić information content (AvgIpc) is 3.93. The first kappa shape index (κ1) is 42.4. The number of hydrogen-bond donors (Lipinski definition) is 8. The maximum Gasteiger partial charge on any atom is 0.243 e. The smallest absolute Gasteiger partial charge is 0.243 e. The topological polar surface area (TPSA) is 226 Å². The molecule has 5 aromatic rings. The van der Waals surface area contributed by atoms with Crippen LogP contribution in [0.2, 0.25) is 0 Å². The van der Waals surface area contributed by atoms with E-state index in [-0.39, 0.29) is 37.5 Å². The fourth-order valence-corrected chi connectivity index (χ4v) is 7.45. The zero-order valence-electron chi connectivity index (χ0n) is 33.1. The van der Waals surface area contributed by atoms with Gasteiger partial charge in [0, 0.05) is 42.3 Å². The molecule has 1 saturated heterocycles. The highest BCUT2D eigenvalue weighted by atomic mass is 16.3. The lowest BCUT2D eigenvalue weighted by Gasteiger charge is -2.28. The largest absolute Gasteiger partial charge is 0.469 e. The highest BCUT2D eigenvalue weighted by molar-refractivity contribution is 5.96. The number of unbranched alkanes of at least 4 members (excludes halogenated alkanes) is 1. The molecule has 0 aliphatic carbocycles. The minimum Gasteiger partial charge on any atom is -0.469 e. The van der Waals surface area contributed by atoms with E-state index in [0.717, 1.165) is 33.2 Å². The van der Waals surface area contributed by atoms with Crippen LogP contribution in [0.25, 0.3) is 22.0 Å². The molecule has 1 aliphatic heterocycles. The summed E-state index contributed by atoms with van der Waals surface area (Å²) in [6.45, 7) is 1.82. The van der Waals surface area contributed by atoms with E-state index < -0.39 is 47.8 Å². The summed E-state index contributed by atoms with van der Waals surface area (Å²) < 4.78 is 5.54. The third-order valence-corrected chi connectivity index (χ3v) is 10.8. The number of furan rings is 1. The number of nitrogens with one attached hydrogen (secondary N) is 6. The second-order valence-corrected chi connectivity index (χ2v) is 15.1. The number of rotatable bonds is 20. The Morgan fingerprint density at radius 3 is 1.97 bits per heavy atom. The van der Waals surface area contributed by atoms with Crippen LogP contribution in [-0.2, 0) is 43.2 Å². The number of piperidine rings is 1. The molecule has 2 aromatic heterocycles. The van der Waals surface area contributed by atoms with Gasteiger partial charge in [-0.25, -0.2) is 0 Å². The van der Waals surface area contributed by atoms with Gasteiger partial charge < -0.3 is 47.5 Å². The fraction of sp³-hybridized carbons (Fsp3) is 0.356. The van der Waals surface area contributed by atoms with E-state index in [9.17, 15) is 24.0 Å². The summed E-state index contributed by atoms with van der Waals surface area (Å²) in [5.74, 6) is -2.64. The van der Waals surface area contributed by atoms with Crippen LogP contribution >= 0.6 is 0 Å². The van der Waals surface area contributed by atoms with Gasteiger partial charge in [-0.15, -0.1) is 0 Å². The number of H-pyrrole nitrogens is 1. The maximum absolute atomic E-state index is 14.5. The SMILES string of the molecule is NCCCC[C@H](NC(=O)[C@H](Cc1ccco1)NC(=O)[C@@H](Cc1c[nH]c2ccccc12)NC(=O)[C@@H](Cc1ccc(-c2ccccc2)cc1)NC(=O)C1CCNCC1)C(N)=O. The number of amides is 5. The predicted molar refractivity (Wildman–Crippen MR) is 225 cm³/mol. The van der Waals surface area contributed by atoms with Gasteiger partial charge in [0.1, 0.15) is 29.9 Å². The molecule has 3 heterocycles. The lowest BCUT2D eigenvalue weighted by molar-refractivity contribution is -0.135. The van der Waals surface area contributed by atoms with E-state index in [0.29, 0.717) is 51.1 Å². The first-order chi connectivity index (χ1) is 28.7. The minimum atomic E-state index is -1.20. The van der Waals surface area contributed by atoms with Crippen LogP contribution in [0.15, 0.2) is 108 Å². The molecular weight excluding hydrogens is 749 g/mol. The van der Waals surface area contributed by atoms with Crippen molar-refractivity contribution in [2.75, 3.05) is 19.6 Å². The van der Waals surface area contributed by atoms with E-state index in [4.69, 9.17) is 15.9 Å². The first-order valence-electron chi connectivity index (χ1n) is 20.3. The fourth-order valence-electron chi connectivity index (χ4n) is 7.45. The molecule has 59 heavy (non-hydrogen) atoms. The Balaban J connectivity index is 1.27. The summed E-state index contributed by atoms with van der Waals surface area (Å²) in [5.41, 5.74) is 15.8. The van der Waals surface area contributed by atoms with Crippen LogP contribution in [0.4, 0.5) is 0 Å². The molecule has 4 atom stereocenters. The molecule has 0 unspecified atom stereocenters. The second kappa shape index (κ2) is 21.0. The van der Waals surface area contributed by atoms with Crippen molar-refractivity contribution in [3.8, 4) is 11.1 Å². The quantitative estimate of drug-likeness (QED) is 0.0545. The molecular formula is C45H54N8O6. The van der Waals surface area contributed by atoms with Crippen molar-refractivity contribution < 1.29 is 28.4 Å². The number of aromatic amines is 1. The van der Waals surface area contributed by atoms with E-state index in [1.165, 1.54) is 6.26 Å². The van der Waals surface area contributed by atoms with Crippen LogP contribution in [-0.4, -0.2) is 78.3 Å². The van der Waals surface area contributed by atoms with Gasteiger partial charge >= 0.3 is 0 Å². The van der Waals surface area contributed by atoms with E-state index in [1.807, 2.05) is 78.9 Å². The third-order valence-electron chi connectivity index (χ3n) is 10.8. The third kappa shape index (κ3) is 11.9. The second-order valence-electron chi connectivity index (χ2n) is 15.1. The molecule has 3 aromatic carbocycles. The van der Waals surface area contributed by atoms with Crippen molar-refractivity contribution in [3.63, 3.8) is 0 Å². The lowest BCUT2D eigenvalue weighted by Crippen LogP contribution is -2.59. The van der Waals surface area contributed by atoms with Crippen LogP contribution in [0.1, 0.15) is 49.0 Å². The Hall–Kier alpha value is -6.25. The summed E-state index contributed by atoms with van der Waals surface area (Å²) in [6.07, 6.45) is 6.18. The van der Waals surface area contributed by atoms with Gasteiger partial charge in [0.15, 0.2) is 0 Å². The van der Waals surface area contributed by atoms with E-state index in [1.54, 1.807) is 18.3 Å². The van der Waals surface area contributed by atoms with Crippen LogP contribution in [0.5, 0.6) is 0 Å². The Morgan fingerprint density at radius 1 is 0.678 bits per heavy atom. The molecule has 1 aliphatic rings. The highest BCUT2D eigenvalue weighted by Crippen LogP contribution is 2.22. The van der Waals surface area contributed by atoms with Crippen molar-refractivity contribution >= 4 is 40.4 Å². The number of aromatic nitrogens is 1. The summed E-state index contributed by atoms with van der Waals surface area (Å²) in [6, 6.07) is 24.3. The van der Waals surface area contributed by atoms with Gasteiger partial charge in [0.2, 0.25) is 29.5 Å². The molecule has 10 N–H and O–H groups in total. The summed E-state index contributed by atoms with van der Waals surface area (Å²) >= 11 is 0. The lowest BCUT2D eigenvalue weighted by atomic mass is 9.95.